The maximum atomic E-state index is 12.0. The molecule has 0 aliphatic heterocycles. The molecule has 100 valence electrons. The summed E-state index contributed by atoms with van der Waals surface area (Å²) in [5.41, 5.74) is 7.36. The lowest BCUT2D eigenvalue weighted by molar-refractivity contribution is 0.0953. The van der Waals surface area contributed by atoms with Crippen LogP contribution in [0.2, 0.25) is 0 Å². The van der Waals surface area contributed by atoms with Crippen LogP contribution in [-0.4, -0.2) is 17.4 Å². The normalized spacial score (nSPS) is 10.4. The number of hydrogen-bond acceptors (Lipinski definition) is 4. The molecule has 0 saturated carbocycles. The van der Waals surface area contributed by atoms with Gasteiger partial charge < -0.3 is 11.1 Å². The smallest absolute Gasteiger partial charge is 0.253 e. The van der Waals surface area contributed by atoms with Gasteiger partial charge in [0.25, 0.3) is 5.91 Å². The Morgan fingerprint density at radius 2 is 2.32 bits per heavy atom. The number of carbonyl (C=O) groups excluding carboxylic acids is 1. The number of nitrogens with one attached hydrogen (secondary N) is 1. The number of amides is 1. The summed E-state index contributed by atoms with van der Waals surface area (Å²) < 4.78 is 1.10. The van der Waals surface area contributed by atoms with Gasteiger partial charge in [0, 0.05) is 11.4 Å². The molecule has 19 heavy (non-hydrogen) atoms. The van der Waals surface area contributed by atoms with Gasteiger partial charge in [0.05, 0.1) is 26.9 Å². The lowest BCUT2D eigenvalue weighted by Crippen LogP contribution is -2.26. The van der Waals surface area contributed by atoms with Gasteiger partial charge in [-0.3, -0.25) is 9.78 Å². The molecule has 0 aliphatic carbocycles. The van der Waals surface area contributed by atoms with Crippen LogP contribution < -0.4 is 11.1 Å². The molecule has 6 heteroatoms. The zero-order valence-electron chi connectivity index (χ0n) is 10.4. The summed E-state index contributed by atoms with van der Waals surface area (Å²) in [6.07, 6.45) is 2.37. The summed E-state index contributed by atoms with van der Waals surface area (Å²) in [5.74, 6) is -0.132. The highest BCUT2D eigenvalue weighted by Gasteiger charge is 2.10. The summed E-state index contributed by atoms with van der Waals surface area (Å²) in [6.45, 7) is 2.39. The number of thiophene rings is 1. The fourth-order valence-corrected chi connectivity index (χ4v) is 3.14. The van der Waals surface area contributed by atoms with Crippen molar-refractivity contribution >= 4 is 38.9 Å². The van der Waals surface area contributed by atoms with E-state index < -0.39 is 0 Å². The van der Waals surface area contributed by atoms with Crippen LogP contribution in [0, 0.1) is 6.92 Å². The van der Waals surface area contributed by atoms with E-state index in [0.29, 0.717) is 23.5 Å². The second-order valence-electron chi connectivity index (χ2n) is 4.11. The van der Waals surface area contributed by atoms with Crippen molar-refractivity contribution in [2.45, 2.75) is 13.3 Å². The Morgan fingerprint density at radius 3 is 3.00 bits per heavy atom. The summed E-state index contributed by atoms with van der Waals surface area (Å²) in [6, 6.07) is 5.71. The molecule has 0 aliphatic rings. The van der Waals surface area contributed by atoms with Crippen LogP contribution in [0.4, 0.5) is 5.69 Å². The van der Waals surface area contributed by atoms with Crippen molar-refractivity contribution < 1.29 is 4.79 Å². The Balaban J connectivity index is 1.92. The van der Waals surface area contributed by atoms with E-state index in [0.717, 1.165) is 10.2 Å². The van der Waals surface area contributed by atoms with E-state index in [1.165, 1.54) is 4.88 Å². The highest BCUT2D eigenvalue weighted by Crippen LogP contribution is 2.22. The second kappa shape index (κ2) is 6.16. The molecule has 3 N–H and O–H groups in total. The van der Waals surface area contributed by atoms with Gasteiger partial charge in [-0.2, -0.15) is 0 Å². The van der Waals surface area contributed by atoms with Gasteiger partial charge >= 0.3 is 0 Å². The van der Waals surface area contributed by atoms with Crippen molar-refractivity contribution in [3.8, 4) is 0 Å². The molecule has 2 rings (SSSR count). The van der Waals surface area contributed by atoms with Crippen molar-refractivity contribution in [1.29, 1.82) is 0 Å². The number of hydrogen-bond donors (Lipinski definition) is 2. The molecule has 2 aromatic rings. The van der Waals surface area contributed by atoms with E-state index in [1.54, 1.807) is 30.5 Å². The van der Waals surface area contributed by atoms with Crippen LogP contribution >= 0.6 is 27.3 Å². The third-order valence-corrected chi connectivity index (χ3v) is 4.32. The van der Waals surface area contributed by atoms with Crippen molar-refractivity contribution in [3.63, 3.8) is 0 Å². The Kier molecular flexibility index (Phi) is 4.55. The Labute approximate surface area is 124 Å². The number of rotatable bonds is 4. The molecular weight excluding hydrogens is 326 g/mol. The van der Waals surface area contributed by atoms with Gasteiger partial charge in [0.15, 0.2) is 0 Å². The van der Waals surface area contributed by atoms with Crippen LogP contribution in [-0.2, 0) is 6.42 Å². The first-order valence-electron chi connectivity index (χ1n) is 5.81. The van der Waals surface area contributed by atoms with Gasteiger partial charge in [-0.25, -0.2) is 0 Å². The number of pyridine rings is 1. The monoisotopic (exact) mass is 339 g/mol. The Hall–Kier alpha value is -1.40. The van der Waals surface area contributed by atoms with E-state index >= 15 is 0 Å². The summed E-state index contributed by atoms with van der Waals surface area (Å²) in [7, 11) is 0. The van der Waals surface area contributed by atoms with Gasteiger partial charge in [-0.05, 0) is 47.5 Å². The molecule has 2 aromatic heterocycles. The molecule has 0 saturated heterocycles. The van der Waals surface area contributed by atoms with E-state index in [2.05, 4.69) is 26.2 Å². The van der Waals surface area contributed by atoms with Gasteiger partial charge in [-0.15, -0.1) is 11.3 Å². The predicted octanol–water partition coefficient (Wildman–Crippen LogP) is 2.77. The number of nitrogens with zero attached hydrogens (tertiary/aromatic N) is 1. The fourth-order valence-electron chi connectivity index (χ4n) is 1.66. The highest BCUT2D eigenvalue weighted by molar-refractivity contribution is 9.11. The molecule has 0 spiro atoms. The van der Waals surface area contributed by atoms with Gasteiger partial charge in [0.1, 0.15) is 0 Å². The SMILES string of the molecule is Cc1ncc(N)cc1C(=O)NCCc1ccc(Br)s1. The average molecular weight is 340 g/mol. The summed E-state index contributed by atoms with van der Waals surface area (Å²) in [5, 5.41) is 2.88. The van der Waals surface area contributed by atoms with E-state index in [9.17, 15) is 4.79 Å². The zero-order valence-corrected chi connectivity index (χ0v) is 12.8. The van der Waals surface area contributed by atoms with Crippen molar-refractivity contribution in [3.05, 3.63) is 44.3 Å². The number of aromatic nitrogens is 1. The summed E-state index contributed by atoms with van der Waals surface area (Å²) in [4.78, 5) is 17.3. The lowest BCUT2D eigenvalue weighted by Gasteiger charge is -2.07. The van der Waals surface area contributed by atoms with Crippen molar-refractivity contribution in [2.24, 2.45) is 0 Å². The van der Waals surface area contributed by atoms with Crippen molar-refractivity contribution in [1.82, 2.24) is 10.3 Å². The second-order valence-corrected chi connectivity index (χ2v) is 6.66. The third-order valence-electron chi connectivity index (χ3n) is 2.64. The number of nitrogens with two attached hydrogens (primary N) is 1. The van der Waals surface area contributed by atoms with Crippen molar-refractivity contribution in [2.75, 3.05) is 12.3 Å². The number of carbonyl (C=O) groups is 1. The first-order valence-corrected chi connectivity index (χ1v) is 7.42. The maximum absolute atomic E-state index is 12.0. The summed E-state index contributed by atoms with van der Waals surface area (Å²) >= 11 is 5.09. The maximum Gasteiger partial charge on any atom is 0.253 e. The average Bonchev–Trinajstić information content (AvgIpc) is 2.78. The van der Waals surface area contributed by atoms with Crippen LogP contribution in [0.3, 0.4) is 0 Å². The number of nitrogen functional groups attached to an aromatic ring is 1. The molecule has 0 aromatic carbocycles. The molecule has 2 heterocycles. The molecule has 0 atom stereocenters. The molecule has 0 unspecified atom stereocenters. The zero-order chi connectivity index (χ0) is 13.8. The van der Waals surface area contributed by atoms with E-state index in [1.807, 2.05) is 12.1 Å². The van der Waals surface area contributed by atoms with Gasteiger partial charge in [0.2, 0.25) is 0 Å². The largest absolute Gasteiger partial charge is 0.397 e. The Bertz CT molecular complexity index is 597. The molecule has 1 amide bonds. The molecule has 4 nitrogen and oxygen atoms in total. The Morgan fingerprint density at radius 1 is 1.53 bits per heavy atom. The predicted molar refractivity (Wildman–Crippen MR) is 81.4 cm³/mol. The molecular formula is C13H14BrN3OS. The fraction of sp³-hybridized carbons (Fsp3) is 0.231. The first-order chi connectivity index (χ1) is 9.06. The minimum Gasteiger partial charge on any atom is -0.397 e. The van der Waals surface area contributed by atoms with Crippen LogP contribution in [0.25, 0.3) is 0 Å². The first kappa shape index (κ1) is 14.0. The van der Waals surface area contributed by atoms with Gasteiger partial charge in [-0.1, -0.05) is 0 Å². The number of halogens is 1. The topological polar surface area (TPSA) is 68.0 Å². The van der Waals surface area contributed by atoms with Crippen LogP contribution in [0.5, 0.6) is 0 Å². The standard InChI is InChI=1S/C13H14BrN3OS/c1-8-11(6-9(15)7-17-8)13(18)16-5-4-10-2-3-12(14)19-10/h2-3,6-7H,4-5,15H2,1H3,(H,16,18). The minimum atomic E-state index is -0.132. The number of anilines is 1. The third kappa shape index (κ3) is 3.78. The van der Waals surface area contributed by atoms with E-state index in [4.69, 9.17) is 5.73 Å². The van der Waals surface area contributed by atoms with E-state index in [-0.39, 0.29) is 5.91 Å². The van der Waals surface area contributed by atoms with Crippen LogP contribution in [0.1, 0.15) is 20.9 Å². The molecule has 0 bridgehead atoms. The molecule has 0 radical (unpaired) electrons. The number of aryl methyl sites for hydroxylation is 1. The highest BCUT2D eigenvalue weighted by atomic mass is 79.9. The van der Waals surface area contributed by atoms with Crippen LogP contribution in [0.15, 0.2) is 28.2 Å². The minimum absolute atomic E-state index is 0.132. The lowest BCUT2D eigenvalue weighted by atomic mass is 10.2. The quantitative estimate of drug-likeness (QED) is 0.899. The molecule has 0 fully saturated rings.